The van der Waals surface area contributed by atoms with Gasteiger partial charge in [-0.05, 0) is 46.8 Å². The molecule has 0 spiro atoms. The number of hydrogen-bond donors (Lipinski definition) is 0. The Labute approximate surface area is 104 Å². The van der Waals surface area contributed by atoms with Gasteiger partial charge in [0, 0.05) is 19.7 Å². The summed E-state index contributed by atoms with van der Waals surface area (Å²) in [6.07, 6.45) is 5.20. The van der Waals surface area contributed by atoms with E-state index in [0.717, 1.165) is 29.6 Å². The van der Waals surface area contributed by atoms with Crippen molar-refractivity contribution in [3.63, 3.8) is 0 Å². The van der Waals surface area contributed by atoms with Gasteiger partial charge < -0.3 is 4.90 Å². The minimum absolute atomic E-state index is 0.160. The molecule has 0 aromatic carbocycles. The average Bonchev–Trinajstić information content (AvgIpc) is 2.30. The lowest BCUT2D eigenvalue weighted by atomic mass is 9.96. The number of aromatic nitrogens is 1. The lowest BCUT2D eigenvalue weighted by molar-refractivity contribution is -0.132. The first kappa shape index (κ1) is 11.6. The van der Waals surface area contributed by atoms with Gasteiger partial charge in [-0.15, -0.1) is 0 Å². The summed E-state index contributed by atoms with van der Waals surface area (Å²) in [7, 11) is 0. The molecule has 1 aliphatic heterocycles. The summed E-state index contributed by atoms with van der Waals surface area (Å²) in [6.45, 7) is 2.51. The summed E-state index contributed by atoms with van der Waals surface area (Å²) in [5.41, 5.74) is 1.14. The third-order valence-corrected chi connectivity index (χ3v) is 3.51. The van der Waals surface area contributed by atoms with E-state index in [9.17, 15) is 4.79 Å². The molecule has 1 aromatic heterocycles. The van der Waals surface area contributed by atoms with Crippen LogP contribution in [0.4, 0.5) is 0 Å². The second-order valence-electron chi connectivity index (χ2n) is 4.14. The molecule has 0 bridgehead atoms. The van der Waals surface area contributed by atoms with Crippen LogP contribution >= 0.6 is 15.9 Å². The van der Waals surface area contributed by atoms with Crippen LogP contribution in [0.15, 0.2) is 22.9 Å². The van der Waals surface area contributed by atoms with Gasteiger partial charge in [0.2, 0.25) is 5.91 Å². The van der Waals surface area contributed by atoms with E-state index in [2.05, 4.69) is 20.9 Å². The molecule has 1 amide bonds. The van der Waals surface area contributed by atoms with Gasteiger partial charge in [-0.1, -0.05) is 6.07 Å². The third-order valence-electron chi connectivity index (χ3n) is 3.04. The molecule has 4 heteroatoms. The maximum absolute atomic E-state index is 11.5. The fourth-order valence-corrected chi connectivity index (χ4v) is 2.47. The van der Waals surface area contributed by atoms with Crippen LogP contribution in [-0.4, -0.2) is 22.3 Å². The van der Waals surface area contributed by atoms with Gasteiger partial charge in [0.05, 0.1) is 6.04 Å². The highest BCUT2D eigenvalue weighted by molar-refractivity contribution is 9.10. The highest BCUT2D eigenvalue weighted by Crippen LogP contribution is 2.30. The van der Waals surface area contributed by atoms with Crippen molar-refractivity contribution in [2.45, 2.75) is 32.2 Å². The SMILES string of the molecule is CC(=O)N1CCCCC1c1ccc(Br)nc1. The van der Waals surface area contributed by atoms with Gasteiger partial charge in [-0.2, -0.15) is 0 Å². The van der Waals surface area contributed by atoms with Gasteiger partial charge in [-0.25, -0.2) is 4.98 Å². The second kappa shape index (κ2) is 4.95. The van der Waals surface area contributed by atoms with Gasteiger partial charge in [-0.3, -0.25) is 4.79 Å². The minimum atomic E-state index is 0.160. The van der Waals surface area contributed by atoms with Crippen molar-refractivity contribution in [3.8, 4) is 0 Å². The number of likely N-dealkylation sites (tertiary alicyclic amines) is 1. The van der Waals surface area contributed by atoms with E-state index in [4.69, 9.17) is 0 Å². The molecule has 1 saturated heterocycles. The predicted octanol–water partition coefficient (Wildman–Crippen LogP) is 2.92. The Bertz CT molecular complexity index is 377. The van der Waals surface area contributed by atoms with Crippen molar-refractivity contribution in [2.24, 2.45) is 0 Å². The molecule has 0 saturated carbocycles. The molecule has 16 heavy (non-hydrogen) atoms. The van der Waals surface area contributed by atoms with E-state index < -0.39 is 0 Å². The normalized spacial score (nSPS) is 20.9. The molecule has 1 aliphatic rings. The maximum Gasteiger partial charge on any atom is 0.219 e. The Balaban J connectivity index is 2.23. The number of halogens is 1. The zero-order chi connectivity index (χ0) is 11.5. The Hall–Kier alpha value is -0.900. The zero-order valence-corrected chi connectivity index (χ0v) is 10.9. The van der Waals surface area contributed by atoms with Crippen molar-refractivity contribution in [3.05, 3.63) is 28.5 Å². The first-order valence-electron chi connectivity index (χ1n) is 5.57. The molecule has 1 aromatic rings. The Morgan fingerprint density at radius 1 is 1.50 bits per heavy atom. The number of hydrogen-bond acceptors (Lipinski definition) is 2. The topological polar surface area (TPSA) is 33.2 Å². The zero-order valence-electron chi connectivity index (χ0n) is 9.32. The number of carbonyl (C=O) groups excluding carboxylic acids is 1. The molecule has 3 nitrogen and oxygen atoms in total. The van der Waals surface area contributed by atoms with E-state index in [1.807, 2.05) is 23.2 Å². The van der Waals surface area contributed by atoms with Gasteiger partial charge >= 0.3 is 0 Å². The quantitative estimate of drug-likeness (QED) is 0.742. The van der Waals surface area contributed by atoms with E-state index >= 15 is 0 Å². The standard InChI is InChI=1S/C12H15BrN2O/c1-9(16)15-7-3-2-4-11(15)10-5-6-12(13)14-8-10/h5-6,8,11H,2-4,7H2,1H3. The fraction of sp³-hybridized carbons (Fsp3) is 0.500. The summed E-state index contributed by atoms with van der Waals surface area (Å²) in [5.74, 6) is 0.160. The van der Waals surface area contributed by atoms with Crippen LogP contribution in [0, 0.1) is 0 Å². The average molecular weight is 283 g/mol. The van der Waals surface area contributed by atoms with Crippen LogP contribution in [0.2, 0.25) is 0 Å². The first-order chi connectivity index (χ1) is 7.68. The molecule has 1 atom stereocenters. The molecule has 2 rings (SSSR count). The lowest BCUT2D eigenvalue weighted by Crippen LogP contribution is -2.36. The first-order valence-corrected chi connectivity index (χ1v) is 6.36. The summed E-state index contributed by atoms with van der Waals surface area (Å²) in [4.78, 5) is 17.7. The van der Waals surface area contributed by atoms with Gasteiger partial charge in [0.1, 0.15) is 4.60 Å². The number of rotatable bonds is 1. The monoisotopic (exact) mass is 282 g/mol. The van der Waals surface area contributed by atoms with E-state index in [1.54, 1.807) is 6.92 Å². The third kappa shape index (κ3) is 2.43. The number of carbonyl (C=O) groups is 1. The predicted molar refractivity (Wildman–Crippen MR) is 65.9 cm³/mol. The molecule has 0 radical (unpaired) electrons. The number of nitrogens with zero attached hydrogens (tertiary/aromatic N) is 2. The van der Waals surface area contributed by atoms with Gasteiger partial charge in [0.15, 0.2) is 0 Å². The second-order valence-corrected chi connectivity index (χ2v) is 4.95. The molecule has 0 N–H and O–H groups in total. The highest BCUT2D eigenvalue weighted by atomic mass is 79.9. The van der Waals surface area contributed by atoms with E-state index in [1.165, 1.54) is 6.42 Å². The lowest BCUT2D eigenvalue weighted by Gasteiger charge is -2.35. The molecule has 86 valence electrons. The van der Waals surface area contributed by atoms with Crippen LogP contribution < -0.4 is 0 Å². The van der Waals surface area contributed by atoms with Crippen LogP contribution in [-0.2, 0) is 4.79 Å². The molecular formula is C12H15BrN2O. The number of amides is 1. The van der Waals surface area contributed by atoms with Crippen LogP contribution in [0.1, 0.15) is 37.8 Å². The van der Waals surface area contributed by atoms with Gasteiger partial charge in [0.25, 0.3) is 0 Å². The summed E-state index contributed by atoms with van der Waals surface area (Å²) < 4.78 is 0.835. The van der Waals surface area contributed by atoms with Crippen LogP contribution in [0.25, 0.3) is 0 Å². The molecule has 1 unspecified atom stereocenters. The van der Waals surface area contributed by atoms with Crippen molar-refractivity contribution in [1.82, 2.24) is 9.88 Å². The Morgan fingerprint density at radius 3 is 2.94 bits per heavy atom. The van der Waals surface area contributed by atoms with Crippen LogP contribution in [0.3, 0.4) is 0 Å². The van der Waals surface area contributed by atoms with Crippen LogP contribution in [0.5, 0.6) is 0 Å². The van der Waals surface area contributed by atoms with Crippen molar-refractivity contribution >= 4 is 21.8 Å². The highest BCUT2D eigenvalue weighted by Gasteiger charge is 2.25. The van der Waals surface area contributed by atoms with E-state index in [-0.39, 0.29) is 11.9 Å². The van der Waals surface area contributed by atoms with Crippen molar-refractivity contribution in [1.29, 1.82) is 0 Å². The largest absolute Gasteiger partial charge is 0.336 e. The molecule has 2 heterocycles. The molecular weight excluding hydrogens is 268 g/mol. The van der Waals surface area contributed by atoms with Crippen molar-refractivity contribution < 1.29 is 4.79 Å². The molecule has 0 aliphatic carbocycles. The summed E-state index contributed by atoms with van der Waals surface area (Å²) in [6, 6.07) is 4.19. The fourth-order valence-electron chi connectivity index (χ4n) is 2.24. The summed E-state index contributed by atoms with van der Waals surface area (Å²) in [5, 5.41) is 0. The summed E-state index contributed by atoms with van der Waals surface area (Å²) >= 11 is 3.32. The molecule has 1 fully saturated rings. The maximum atomic E-state index is 11.5. The Morgan fingerprint density at radius 2 is 2.31 bits per heavy atom. The number of piperidine rings is 1. The number of pyridine rings is 1. The van der Waals surface area contributed by atoms with Crippen molar-refractivity contribution in [2.75, 3.05) is 6.54 Å². The minimum Gasteiger partial charge on any atom is -0.336 e. The Kier molecular flexibility index (Phi) is 3.59. The smallest absolute Gasteiger partial charge is 0.219 e. The van der Waals surface area contributed by atoms with E-state index in [0.29, 0.717) is 0 Å².